The Labute approximate surface area is 141 Å². The Morgan fingerprint density at radius 1 is 1.25 bits per heavy atom. The molecule has 132 valence electrons. The minimum absolute atomic E-state index is 0.0471. The predicted octanol–water partition coefficient (Wildman–Crippen LogP) is 3.61. The summed E-state index contributed by atoms with van der Waals surface area (Å²) < 4.78 is 11.9. The molecule has 1 aliphatic heterocycles. The Bertz CT molecular complexity index is 676. The highest BCUT2D eigenvalue weighted by molar-refractivity contribution is 6.02. The van der Waals surface area contributed by atoms with Crippen molar-refractivity contribution in [3.8, 4) is 11.5 Å². The third kappa shape index (κ3) is 2.79. The topological polar surface area (TPSA) is 81.9 Å². The van der Waals surface area contributed by atoms with Gasteiger partial charge in [-0.25, -0.2) is 0 Å². The van der Waals surface area contributed by atoms with Crippen LogP contribution in [0.1, 0.15) is 51.9 Å². The first-order chi connectivity index (χ1) is 11.1. The van der Waals surface area contributed by atoms with Gasteiger partial charge in [-0.05, 0) is 19.9 Å². The Hall–Kier alpha value is -2.31. The number of benzene rings is 1. The molecule has 2 rings (SSSR count). The maximum Gasteiger partial charge on any atom is 0.286 e. The number of rotatable bonds is 4. The molecule has 0 fully saturated rings. The minimum Gasteiger partial charge on any atom is -0.448 e. The zero-order valence-corrected chi connectivity index (χ0v) is 15.0. The number of nitrogens with zero attached hydrogens (tertiary/aromatic N) is 2. The van der Waals surface area contributed by atoms with E-state index in [4.69, 9.17) is 9.47 Å². The average Bonchev–Trinajstić information content (AvgIpc) is 2.84. The van der Waals surface area contributed by atoms with Gasteiger partial charge in [-0.15, -0.1) is 0 Å². The van der Waals surface area contributed by atoms with Crippen LogP contribution in [-0.2, 0) is 0 Å². The highest BCUT2D eigenvalue weighted by atomic mass is 16.7. The molecule has 24 heavy (non-hydrogen) atoms. The van der Waals surface area contributed by atoms with Crippen LogP contribution >= 0.6 is 0 Å². The predicted molar refractivity (Wildman–Crippen MR) is 89.5 cm³/mol. The molecule has 0 bridgehead atoms. The Balaban J connectivity index is 2.62. The molecule has 1 aliphatic rings. The summed E-state index contributed by atoms with van der Waals surface area (Å²) in [6, 6.07) is 2.79. The molecule has 0 spiro atoms. The number of nitro benzene ring substituents is 1. The zero-order valence-electron chi connectivity index (χ0n) is 15.0. The molecule has 0 saturated carbocycles. The van der Waals surface area contributed by atoms with Crippen LogP contribution in [0.5, 0.6) is 11.5 Å². The lowest BCUT2D eigenvalue weighted by Gasteiger charge is -2.35. The monoisotopic (exact) mass is 336 g/mol. The van der Waals surface area contributed by atoms with Gasteiger partial charge < -0.3 is 14.4 Å². The fourth-order valence-corrected chi connectivity index (χ4v) is 2.49. The first-order valence-corrected chi connectivity index (χ1v) is 8.04. The molecule has 1 aromatic carbocycles. The van der Waals surface area contributed by atoms with Gasteiger partial charge in [-0.1, -0.05) is 20.8 Å². The largest absolute Gasteiger partial charge is 0.448 e. The number of nitro groups is 1. The van der Waals surface area contributed by atoms with Gasteiger partial charge in [0.2, 0.25) is 0 Å². The molecule has 1 aromatic rings. The van der Waals surface area contributed by atoms with Crippen molar-refractivity contribution < 1.29 is 19.2 Å². The highest BCUT2D eigenvalue weighted by Crippen LogP contribution is 2.50. The van der Waals surface area contributed by atoms with E-state index in [0.29, 0.717) is 18.8 Å². The molecule has 0 aliphatic carbocycles. The van der Waals surface area contributed by atoms with Gasteiger partial charge in [-0.2, -0.15) is 0 Å². The van der Waals surface area contributed by atoms with E-state index in [0.717, 1.165) is 0 Å². The van der Waals surface area contributed by atoms with Crippen LogP contribution in [-0.4, -0.2) is 34.6 Å². The molecule has 1 atom stereocenters. The number of amides is 1. The van der Waals surface area contributed by atoms with Crippen LogP contribution in [0.4, 0.5) is 5.69 Å². The second-order valence-corrected chi connectivity index (χ2v) is 6.92. The number of fused-ring (bicyclic) bond motifs is 1. The van der Waals surface area contributed by atoms with Crippen LogP contribution < -0.4 is 9.47 Å². The molecule has 0 N–H and O–H groups in total. The summed E-state index contributed by atoms with van der Waals surface area (Å²) >= 11 is 0. The summed E-state index contributed by atoms with van der Waals surface area (Å²) in [5, 5.41) is 11.4. The van der Waals surface area contributed by atoms with Gasteiger partial charge in [-0.3, -0.25) is 14.9 Å². The standard InChI is InChI=1S/C17H24N2O5/c1-7-18(8-2)15(20)13-11(19(21)22)9-10-12-14(13)24-17(6,23-12)16(3,4)5/h9-10H,7-8H2,1-6H3. The smallest absolute Gasteiger partial charge is 0.286 e. The fraction of sp³-hybridized carbons (Fsp3) is 0.588. The summed E-state index contributed by atoms with van der Waals surface area (Å²) in [6.45, 7) is 12.2. The molecule has 7 nitrogen and oxygen atoms in total. The molecule has 0 aromatic heterocycles. The van der Waals surface area contributed by atoms with Crippen molar-refractivity contribution in [2.45, 2.75) is 47.3 Å². The van der Waals surface area contributed by atoms with Gasteiger partial charge in [0.15, 0.2) is 17.1 Å². The normalized spacial score (nSPS) is 19.2. The second kappa shape index (κ2) is 5.96. The van der Waals surface area contributed by atoms with Gasteiger partial charge in [0.1, 0.15) is 0 Å². The van der Waals surface area contributed by atoms with E-state index < -0.39 is 22.0 Å². The number of carbonyl (C=O) groups excluding carboxylic acids is 1. The first kappa shape index (κ1) is 18.0. The van der Waals surface area contributed by atoms with Crippen molar-refractivity contribution in [1.82, 2.24) is 4.90 Å². The molecule has 1 amide bonds. The van der Waals surface area contributed by atoms with Crippen LogP contribution in [0.2, 0.25) is 0 Å². The van der Waals surface area contributed by atoms with E-state index in [2.05, 4.69) is 0 Å². The Morgan fingerprint density at radius 3 is 2.29 bits per heavy atom. The number of ether oxygens (including phenoxy) is 2. The SMILES string of the molecule is CCN(CC)C(=O)c1c([N+](=O)[O-])ccc2c1OC(C)(C(C)(C)C)O2. The van der Waals surface area contributed by atoms with Crippen LogP contribution in [0, 0.1) is 15.5 Å². The van der Waals surface area contributed by atoms with Crippen LogP contribution in [0.15, 0.2) is 12.1 Å². The third-order valence-electron chi connectivity index (χ3n) is 4.52. The highest BCUT2D eigenvalue weighted by Gasteiger charge is 2.50. The van der Waals surface area contributed by atoms with Crippen molar-refractivity contribution in [3.63, 3.8) is 0 Å². The van der Waals surface area contributed by atoms with Gasteiger partial charge in [0.05, 0.1) is 4.92 Å². The summed E-state index contributed by atoms with van der Waals surface area (Å²) in [5.41, 5.74) is -0.711. The molecular formula is C17H24N2O5. The minimum atomic E-state index is -1.01. The summed E-state index contributed by atoms with van der Waals surface area (Å²) in [5.74, 6) is -0.930. The molecule has 1 heterocycles. The van der Waals surface area contributed by atoms with Gasteiger partial charge in [0, 0.05) is 31.5 Å². The molecule has 7 heteroatoms. The third-order valence-corrected chi connectivity index (χ3v) is 4.52. The number of hydrogen-bond donors (Lipinski definition) is 0. The van der Waals surface area contributed by atoms with E-state index in [-0.39, 0.29) is 17.0 Å². The Kier molecular flexibility index (Phi) is 4.48. The van der Waals surface area contributed by atoms with Gasteiger partial charge >= 0.3 is 0 Å². The second-order valence-electron chi connectivity index (χ2n) is 6.92. The maximum atomic E-state index is 12.8. The summed E-state index contributed by atoms with van der Waals surface area (Å²) in [6.07, 6.45) is 0. The van der Waals surface area contributed by atoms with E-state index >= 15 is 0 Å². The number of hydrogen-bond acceptors (Lipinski definition) is 5. The van der Waals surface area contributed by atoms with Crippen molar-refractivity contribution in [2.75, 3.05) is 13.1 Å². The lowest BCUT2D eigenvalue weighted by Crippen LogP contribution is -2.47. The Morgan fingerprint density at radius 2 is 1.83 bits per heavy atom. The van der Waals surface area contributed by atoms with Crippen molar-refractivity contribution in [2.24, 2.45) is 5.41 Å². The zero-order chi connectivity index (χ0) is 18.3. The number of carbonyl (C=O) groups is 1. The molecule has 1 unspecified atom stereocenters. The summed E-state index contributed by atoms with van der Waals surface area (Å²) in [7, 11) is 0. The summed E-state index contributed by atoms with van der Waals surface area (Å²) in [4.78, 5) is 25.2. The quantitative estimate of drug-likeness (QED) is 0.619. The first-order valence-electron chi connectivity index (χ1n) is 8.04. The lowest BCUT2D eigenvalue weighted by molar-refractivity contribution is -0.385. The molecule has 0 saturated heterocycles. The molecular weight excluding hydrogens is 312 g/mol. The van der Waals surface area contributed by atoms with Gasteiger partial charge in [0.25, 0.3) is 17.4 Å². The van der Waals surface area contributed by atoms with Crippen LogP contribution in [0.25, 0.3) is 0 Å². The lowest BCUT2D eigenvalue weighted by atomic mass is 9.87. The van der Waals surface area contributed by atoms with Crippen molar-refractivity contribution >= 4 is 11.6 Å². The fourth-order valence-electron chi connectivity index (χ4n) is 2.49. The maximum absolute atomic E-state index is 12.8. The van der Waals surface area contributed by atoms with E-state index in [1.54, 1.807) is 6.92 Å². The van der Waals surface area contributed by atoms with E-state index in [1.165, 1.54) is 17.0 Å². The average molecular weight is 336 g/mol. The van der Waals surface area contributed by atoms with E-state index in [1.807, 2.05) is 34.6 Å². The van der Waals surface area contributed by atoms with Crippen molar-refractivity contribution in [1.29, 1.82) is 0 Å². The molecule has 0 radical (unpaired) electrons. The van der Waals surface area contributed by atoms with Crippen molar-refractivity contribution in [3.05, 3.63) is 27.8 Å². The van der Waals surface area contributed by atoms with Crippen LogP contribution in [0.3, 0.4) is 0 Å². The van der Waals surface area contributed by atoms with E-state index in [9.17, 15) is 14.9 Å².